The van der Waals surface area contributed by atoms with E-state index >= 15 is 0 Å². The lowest BCUT2D eigenvalue weighted by molar-refractivity contribution is -0.117. The summed E-state index contributed by atoms with van der Waals surface area (Å²) >= 11 is 0. The minimum atomic E-state index is -0.0820. The predicted octanol–water partition coefficient (Wildman–Crippen LogP) is 12.7. The molecule has 6 heteroatoms. The van der Waals surface area contributed by atoms with E-state index < -0.39 is 0 Å². The molecule has 4 atom stereocenters. The number of carbonyl (C=O) groups is 4. The number of amides is 2. The number of allylic oxidation sites excluding steroid dienone is 7. The maximum Gasteiger partial charge on any atom is 0.243 e. The lowest BCUT2D eigenvalue weighted by Crippen LogP contribution is -2.32. The normalized spacial score (nSPS) is 21.9. The summed E-state index contributed by atoms with van der Waals surface area (Å²) in [5.41, 5.74) is 6.87. The largest absolute Gasteiger partial charge is 0.349 e. The number of carbonyl (C=O) groups excluding carboxylic acids is 4. The number of nitrogens with one attached hydrogen (secondary N) is 2. The molecule has 0 saturated heterocycles. The Morgan fingerprint density at radius 3 is 1.57 bits per heavy atom. The minimum absolute atomic E-state index is 0.0708. The van der Waals surface area contributed by atoms with E-state index in [-0.39, 0.29) is 57.1 Å². The van der Waals surface area contributed by atoms with Crippen LogP contribution in [0, 0.1) is 33.5 Å². The van der Waals surface area contributed by atoms with Crippen LogP contribution >= 0.6 is 0 Å². The first-order valence-corrected chi connectivity index (χ1v) is 21.7. The topological polar surface area (TPSA) is 92.3 Å². The van der Waals surface area contributed by atoms with E-state index in [1.165, 1.54) is 59.4 Å². The molecule has 0 aromatic rings. The quantitative estimate of drug-likeness (QED) is 0.170. The molecule has 2 amide bonds. The van der Waals surface area contributed by atoms with Crippen LogP contribution in [0.1, 0.15) is 160 Å². The Labute approximate surface area is 355 Å². The van der Waals surface area contributed by atoms with Gasteiger partial charge in [-0.2, -0.15) is 0 Å². The Morgan fingerprint density at radius 1 is 0.586 bits per heavy atom. The van der Waals surface area contributed by atoms with Crippen LogP contribution in [-0.2, 0) is 19.2 Å². The van der Waals surface area contributed by atoms with Crippen molar-refractivity contribution in [2.75, 3.05) is 0 Å². The molecule has 2 N–H and O–H groups in total. The van der Waals surface area contributed by atoms with E-state index in [4.69, 9.17) is 0 Å². The van der Waals surface area contributed by atoms with Crippen LogP contribution in [0.5, 0.6) is 0 Å². The van der Waals surface area contributed by atoms with Crippen molar-refractivity contribution >= 4 is 23.4 Å². The highest BCUT2D eigenvalue weighted by Crippen LogP contribution is 2.38. The fourth-order valence-electron chi connectivity index (χ4n) is 7.68. The highest BCUT2D eigenvalue weighted by Gasteiger charge is 2.27. The van der Waals surface area contributed by atoms with Gasteiger partial charge in [-0.25, -0.2) is 0 Å². The predicted molar refractivity (Wildman–Crippen MR) is 247 cm³/mol. The second-order valence-electron chi connectivity index (χ2n) is 20.6. The summed E-state index contributed by atoms with van der Waals surface area (Å²) in [6, 6.07) is 0.476. The third-order valence-electron chi connectivity index (χ3n) is 11.5. The van der Waals surface area contributed by atoms with E-state index in [9.17, 15) is 19.2 Å². The van der Waals surface area contributed by atoms with Crippen molar-refractivity contribution in [1.82, 2.24) is 10.6 Å². The second kappa shape index (κ2) is 23.7. The van der Waals surface area contributed by atoms with Gasteiger partial charge in [-0.15, -0.1) is 0 Å². The Morgan fingerprint density at radius 2 is 1.09 bits per heavy atom. The monoisotopic (exact) mass is 799 g/mol. The molecular formula is C52H82N2O4. The van der Waals surface area contributed by atoms with Crippen LogP contribution in [0.15, 0.2) is 97.2 Å². The number of hydrogen-bond donors (Lipinski definition) is 2. The first-order valence-electron chi connectivity index (χ1n) is 21.7. The van der Waals surface area contributed by atoms with E-state index in [0.29, 0.717) is 24.7 Å². The van der Waals surface area contributed by atoms with Gasteiger partial charge < -0.3 is 10.6 Å². The van der Waals surface area contributed by atoms with Crippen molar-refractivity contribution in [3.05, 3.63) is 97.2 Å². The molecule has 0 heterocycles. The summed E-state index contributed by atoms with van der Waals surface area (Å²) in [7, 11) is 0. The zero-order valence-corrected chi connectivity index (χ0v) is 38.9. The smallest absolute Gasteiger partial charge is 0.243 e. The molecule has 4 aliphatic rings. The summed E-state index contributed by atoms with van der Waals surface area (Å²) in [6.07, 6.45) is 26.9. The maximum atomic E-state index is 11.3. The first kappa shape index (κ1) is 52.2. The standard InChI is InChI=1S/2C14H22O.2C12H19NO/c2*1-5-13(15)10-11-7-6-8-12(9-11)14(2,3)4;2*1-5-11(14)13-10-7-6-9(8-10)12(2,3)4/h5,9,11H,1,6-8,10H2,2-4H3;5,8,11H,1,6-7,9-10H2,2-4H3;5,8,10H,1,6-7H2,2-4H3,(H,13,14);5-6,10H,1,7-8H2,2-4H3,(H,13,14). The SMILES string of the molecule is C=CC(=O)CC1C=C(C(C)(C)C)CCC1.C=CC(=O)CC1CCC=C(C(C)(C)C)C1.C=CC(=O)NC1C=C(C(C)(C)C)CC1.C=CC(=O)NC1CC=C(C(C)(C)C)C1. The third-order valence-corrected chi connectivity index (χ3v) is 11.5. The molecule has 4 unspecified atom stereocenters. The van der Waals surface area contributed by atoms with Gasteiger partial charge >= 0.3 is 0 Å². The zero-order chi connectivity index (χ0) is 44.5. The number of rotatable bonds is 10. The van der Waals surface area contributed by atoms with Gasteiger partial charge in [0.15, 0.2) is 11.6 Å². The van der Waals surface area contributed by atoms with Crippen molar-refractivity contribution in [3.8, 4) is 0 Å². The molecule has 0 saturated carbocycles. The third kappa shape index (κ3) is 20.3. The number of hydrogen-bond acceptors (Lipinski definition) is 4. The maximum absolute atomic E-state index is 11.3. The molecule has 0 radical (unpaired) electrons. The molecule has 58 heavy (non-hydrogen) atoms. The average molecular weight is 799 g/mol. The van der Waals surface area contributed by atoms with Gasteiger partial charge in [0.2, 0.25) is 11.8 Å². The van der Waals surface area contributed by atoms with Gasteiger partial charge in [0, 0.05) is 24.9 Å². The molecule has 4 aliphatic carbocycles. The summed E-state index contributed by atoms with van der Waals surface area (Å²) in [5, 5.41) is 5.82. The van der Waals surface area contributed by atoms with Crippen molar-refractivity contribution < 1.29 is 19.2 Å². The lowest BCUT2D eigenvalue weighted by Gasteiger charge is -2.30. The van der Waals surface area contributed by atoms with Crippen molar-refractivity contribution in [3.63, 3.8) is 0 Å². The fourth-order valence-corrected chi connectivity index (χ4v) is 7.68. The molecule has 0 spiro atoms. The molecule has 6 nitrogen and oxygen atoms in total. The van der Waals surface area contributed by atoms with Crippen LogP contribution in [0.2, 0.25) is 0 Å². The van der Waals surface area contributed by atoms with E-state index in [1.54, 1.807) is 0 Å². The van der Waals surface area contributed by atoms with Gasteiger partial charge in [0.05, 0.1) is 0 Å². The van der Waals surface area contributed by atoms with E-state index in [2.05, 4.69) is 144 Å². The summed E-state index contributed by atoms with van der Waals surface area (Å²) in [6.45, 7) is 40.6. The van der Waals surface area contributed by atoms with Crippen LogP contribution < -0.4 is 10.6 Å². The van der Waals surface area contributed by atoms with Gasteiger partial charge in [-0.1, -0.05) is 156 Å². The highest BCUT2D eigenvalue weighted by atomic mass is 16.2. The lowest BCUT2D eigenvalue weighted by atomic mass is 9.75. The summed E-state index contributed by atoms with van der Waals surface area (Å²) in [5.74, 6) is 1.19. The Kier molecular flexibility index (Phi) is 21.3. The minimum Gasteiger partial charge on any atom is -0.349 e. The van der Waals surface area contributed by atoms with Gasteiger partial charge in [-0.3, -0.25) is 19.2 Å². The van der Waals surface area contributed by atoms with Gasteiger partial charge in [0.1, 0.15) is 0 Å². The molecule has 4 rings (SSSR count). The van der Waals surface area contributed by atoms with E-state index in [1.807, 2.05) is 0 Å². The van der Waals surface area contributed by atoms with Crippen LogP contribution in [0.25, 0.3) is 0 Å². The van der Waals surface area contributed by atoms with Gasteiger partial charge in [-0.05, 0) is 122 Å². The zero-order valence-electron chi connectivity index (χ0n) is 38.9. The highest BCUT2D eigenvalue weighted by molar-refractivity contribution is 5.90. The first-order chi connectivity index (χ1) is 26.7. The van der Waals surface area contributed by atoms with E-state index in [0.717, 1.165) is 51.4 Å². The van der Waals surface area contributed by atoms with Crippen molar-refractivity contribution in [1.29, 1.82) is 0 Å². The molecular weight excluding hydrogens is 717 g/mol. The summed E-state index contributed by atoms with van der Waals surface area (Å²) < 4.78 is 0. The Balaban J connectivity index is 0.000000387. The van der Waals surface area contributed by atoms with Gasteiger partial charge in [0.25, 0.3) is 0 Å². The fraction of sp³-hybridized carbons (Fsp3) is 0.615. The summed E-state index contributed by atoms with van der Waals surface area (Å²) in [4.78, 5) is 44.7. The molecule has 0 bridgehead atoms. The Hall–Kier alpha value is -3.80. The van der Waals surface area contributed by atoms with Crippen molar-refractivity contribution in [2.45, 2.75) is 172 Å². The molecule has 324 valence electrons. The molecule has 0 aliphatic heterocycles. The molecule has 0 aromatic heterocycles. The molecule has 0 fully saturated rings. The Bertz CT molecular complexity index is 1570. The second-order valence-corrected chi connectivity index (χ2v) is 20.6. The van der Waals surface area contributed by atoms with Crippen LogP contribution in [-0.4, -0.2) is 35.5 Å². The van der Waals surface area contributed by atoms with Crippen LogP contribution in [0.4, 0.5) is 0 Å². The van der Waals surface area contributed by atoms with Crippen LogP contribution in [0.3, 0.4) is 0 Å². The number of ketones is 2. The van der Waals surface area contributed by atoms with Crippen molar-refractivity contribution in [2.24, 2.45) is 33.5 Å². The molecule has 0 aromatic carbocycles. The average Bonchev–Trinajstić information content (AvgIpc) is 3.82.